The van der Waals surface area contributed by atoms with Crippen LogP contribution in [0.3, 0.4) is 0 Å². The van der Waals surface area contributed by atoms with E-state index in [0.29, 0.717) is 6.54 Å². The molecular weight excluding hydrogens is 162 g/mol. The monoisotopic (exact) mass is 171 g/mol. The second-order valence-electron chi connectivity index (χ2n) is 1.96. The Kier molecular flexibility index (Phi) is 3.68. The Morgan fingerprint density at radius 3 is 2.73 bits per heavy atom. The van der Waals surface area contributed by atoms with Gasteiger partial charge in [-0.25, -0.2) is 0 Å². The average molecular weight is 171 g/mol. The van der Waals surface area contributed by atoms with E-state index in [0.717, 1.165) is 12.3 Å². The van der Waals surface area contributed by atoms with Crippen LogP contribution >= 0.6 is 11.9 Å². The Labute approximate surface area is 69.3 Å². The number of nitrogens with one attached hydrogen (secondary N) is 1. The Hall–Kier alpha value is -0.840. The van der Waals surface area contributed by atoms with E-state index in [4.69, 9.17) is 0 Å². The summed E-state index contributed by atoms with van der Waals surface area (Å²) in [5, 5.41) is 6.41. The van der Waals surface area contributed by atoms with Crippen LogP contribution in [-0.4, -0.2) is 24.6 Å². The summed E-state index contributed by atoms with van der Waals surface area (Å²) in [6.07, 6.45) is 3.18. The second kappa shape index (κ2) is 4.90. The van der Waals surface area contributed by atoms with Gasteiger partial charge >= 0.3 is 0 Å². The molecule has 0 saturated heterocycles. The summed E-state index contributed by atoms with van der Waals surface area (Å²) in [7, 11) is 0. The fourth-order valence-electron chi connectivity index (χ4n) is 0.574. The molecule has 0 fully saturated rings. The minimum atomic E-state index is 0.162. The number of hydrogen-bond acceptors (Lipinski definition) is 5. The molecule has 11 heavy (non-hydrogen) atoms. The maximum atomic E-state index is 10.1. The predicted octanol–water partition coefficient (Wildman–Crippen LogP) is 0.773. The van der Waals surface area contributed by atoms with Gasteiger partial charge in [0.25, 0.3) is 0 Å². The molecule has 60 valence electrons. The Morgan fingerprint density at radius 2 is 2.55 bits per heavy atom. The maximum absolute atomic E-state index is 10.1. The van der Waals surface area contributed by atoms with E-state index >= 15 is 0 Å². The number of nitrogens with zero attached hydrogens (tertiary/aromatic N) is 2. The van der Waals surface area contributed by atoms with E-state index in [1.165, 1.54) is 18.0 Å². The molecule has 4 nitrogen and oxygen atoms in total. The Bertz CT molecular complexity index is 184. The highest BCUT2D eigenvalue weighted by Gasteiger charge is 1.96. The molecule has 0 unspecified atom stereocenters. The first-order valence-corrected chi connectivity index (χ1v) is 4.25. The summed E-state index contributed by atoms with van der Waals surface area (Å²) >= 11 is 1.53. The van der Waals surface area contributed by atoms with Crippen molar-refractivity contribution in [2.24, 2.45) is 9.63 Å². The Balaban J connectivity index is 0.000000112. The highest BCUT2D eigenvalue weighted by atomic mass is 32.2. The summed E-state index contributed by atoms with van der Waals surface area (Å²) in [5.74, 6) is 1.25. The van der Waals surface area contributed by atoms with Crippen molar-refractivity contribution in [1.82, 2.24) is 5.32 Å². The number of carbonyl (C=O) groups is 1. The maximum Gasteiger partial charge on any atom is 0.176 e. The van der Waals surface area contributed by atoms with Crippen LogP contribution in [-0.2, 0) is 4.79 Å². The van der Waals surface area contributed by atoms with Gasteiger partial charge in [-0.15, -0.1) is 4.52 Å². The van der Waals surface area contributed by atoms with Crippen LogP contribution in [0.1, 0.15) is 0 Å². The van der Waals surface area contributed by atoms with E-state index in [-0.39, 0.29) is 5.78 Å². The van der Waals surface area contributed by atoms with E-state index in [9.17, 15) is 4.79 Å². The zero-order valence-electron chi connectivity index (χ0n) is 5.99. The average Bonchev–Trinajstić information content (AvgIpc) is 2.57. The van der Waals surface area contributed by atoms with Crippen molar-refractivity contribution >= 4 is 17.7 Å². The topological polar surface area (TPSA) is 53.8 Å². The predicted molar refractivity (Wildman–Crippen MR) is 44.3 cm³/mol. The molecular formula is C6H9N3OS. The molecule has 0 saturated carbocycles. The third-order valence-electron chi connectivity index (χ3n) is 1.06. The molecule has 1 N–H and O–H groups in total. The number of carbonyl (C=O) groups excluding carboxylic acids is 1. The zero-order chi connectivity index (χ0) is 7.94. The lowest BCUT2D eigenvalue weighted by Crippen LogP contribution is -2.06. The fraction of sp³-hybridized carbons (Fsp3) is 0.500. The molecule has 0 aliphatic carbocycles. The summed E-state index contributed by atoms with van der Waals surface area (Å²) in [6, 6.07) is 0. The summed E-state index contributed by atoms with van der Waals surface area (Å²) < 4.78 is 3.62. The highest BCUT2D eigenvalue weighted by Crippen LogP contribution is 2.07. The van der Waals surface area contributed by atoms with Crippen molar-refractivity contribution in [2.45, 2.75) is 0 Å². The van der Waals surface area contributed by atoms with Crippen LogP contribution in [0.5, 0.6) is 0 Å². The molecule has 0 atom stereocenters. The molecule has 2 aliphatic rings. The van der Waals surface area contributed by atoms with Gasteiger partial charge in [0.05, 0.1) is 13.1 Å². The van der Waals surface area contributed by atoms with Gasteiger partial charge in [-0.05, 0) is 18.0 Å². The Morgan fingerprint density at radius 1 is 1.64 bits per heavy atom. The molecule has 0 spiro atoms. The van der Waals surface area contributed by atoms with Gasteiger partial charge in [0.2, 0.25) is 0 Å². The SMILES string of the molecule is C1CSN=N1.O=C1C=CNC1. The van der Waals surface area contributed by atoms with Crippen LogP contribution in [0, 0.1) is 0 Å². The normalized spacial score (nSPS) is 19.5. The molecule has 2 aliphatic heterocycles. The molecule has 2 heterocycles. The van der Waals surface area contributed by atoms with Gasteiger partial charge in [-0.2, -0.15) is 5.11 Å². The molecule has 0 amide bonds. The zero-order valence-corrected chi connectivity index (χ0v) is 6.80. The van der Waals surface area contributed by atoms with Crippen molar-refractivity contribution < 1.29 is 4.79 Å². The summed E-state index contributed by atoms with van der Waals surface area (Å²) in [6.45, 7) is 1.41. The number of hydrogen-bond donors (Lipinski definition) is 1. The molecule has 0 aromatic rings. The van der Waals surface area contributed by atoms with Gasteiger partial charge in [-0.1, -0.05) is 0 Å². The van der Waals surface area contributed by atoms with E-state index in [1.807, 2.05) is 0 Å². The molecule has 5 heteroatoms. The minimum absolute atomic E-state index is 0.162. The number of ketones is 1. The standard InChI is InChI=1S/C4H5NO.C2H4N2S/c6-4-1-2-5-3-4;1-2-5-4-3-1/h1-2,5H,3H2;1-2H2. The second-order valence-corrected chi connectivity index (χ2v) is 2.79. The highest BCUT2D eigenvalue weighted by molar-refractivity contribution is 7.98. The van der Waals surface area contributed by atoms with Crippen molar-refractivity contribution in [3.63, 3.8) is 0 Å². The summed E-state index contributed by atoms with van der Waals surface area (Å²) in [5.41, 5.74) is 0. The van der Waals surface area contributed by atoms with Crippen molar-refractivity contribution in [2.75, 3.05) is 18.8 Å². The molecule has 2 rings (SSSR count). The minimum Gasteiger partial charge on any atom is -0.383 e. The van der Waals surface area contributed by atoms with Crippen molar-refractivity contribution in [3.8, 4) is 0 Å². The van der Waals surface area contributed by atoms with Gasteiger partial charge in [0, 0.05) is 12.0 Å². The van der Waals surface area contributed by atoms with E-state index < -0.39 is 0 Å². The summed E-state index contributed by atoms with van der Waals surface area (Å²) in [4.78, 5) is 10.1. The van der Waals surface area contributed by atoms with E-state index in [2.05, 4.69) is 15.0 Å². The van der Waals surface area contributed by atoms with Crippen LogP contribution in [0.2, 0.25) is 0 Å². The largest absolute Gasteiger partial charge is 0.383 e. The molecule has 0 aromatic heterocycles. The third-order valence-corrected chi connectivity index (χ3v) is 1.66. The quantitative estimate of drug-likeness (QED) is 0.548. The smallest absolute Gasteiger partial charge is 0.176 e. The van der Waals surface area contributed by atoms with Crippen LogP contribution in [0.15, 0.2) is 21.9 Å². The van der Waals surface area contributed by atoms with Crippen molar-refractivity contribution in [3.05, 3.63) is 12.3 Å². The fourth-order valence-corrected chi connectivity index (χ4v) is 0.983. The van der Waals surface area contributed by atoms with Crippen molar-refractivity contribution in [1.29, 1.82) is 0 Å². The first-order chi connectivity index (χ1) is 5.39. The third kappa shape index (κ3) is 3.77. The lowest BCUT2D eigenvalue weighted by molar-refractivity contribution is -0.113. The van der Waals surface area contributed by atoms with Crippen LogP contribution in [0.25, 0.3) is 0 Å². The van der Waals surface area contributed by atoms with Gasteiger partial charge < -0.3 is 5.32 Å². The van der Waals surface area contributed by atoms with Gasteiger partial charge in [-0.3, -0.25) is 4.79 Å². The van der Waals surface area contributed by atoms with Crippen LogP contribution in [0.4, 0.5) is 0 Å². The first kappa shape index (κ1) is 8.26. The van der Waals surface area contributed by atoms with Gasteiger partial charge in [0.15, 0.2) is 5.78 Å². The van der Waals surface area contributed by atoms with E-state index in [1.54, 1.807) is 6.20 Å². The lowest BCUT2D eigenvalue weighted by atomic mass is 10.4. The number of rotatable bonds is 0. The van der Waals surface area contributed by atoms with Crippen LogP contribution < -0.4 is 5.32 Å². The lowest BCUT2D eigenvalue weighted by Gasteiger charge is -1.78. The van der Waals surface area contributed by atoms with Gasteiger partial charge in [0.1, 0.15) is 0 Å². The first-order valence-electron chi connectivity index (χ1n) is 3.31. The molecule has 0 aromatic carbocycles. The molecule has 0 bridgehead atoms. The molecule has 0 radical (unpaired) electrons.